The Bertz CT molecular complexity index is 2920. The highest BCUT2D eigenvalue weighted by molar-refractivity contribution is 6.18. The van der Waals surface area contributed by atoms with Crippen LogP contribution >= 0.6 is 0 Å². The van der Waals surface area contributed by atoms with Crippen LogP contribution in [0.1, 0.15) is 0 Å². The number of rotatable bonds is 7. The average molecular weight is 689 g/mol. The maximum absolute atomic E-state index is 2.45. The Morgan fingerprint density at radius 2 is 0.889 bits per heavy atom. The number of aromatic nitrogens is 1. The lowest BCUT2D eigenvalue weighted by molar-refractivity contribution is 1.19. The first-order valence-corrected chi connectivity index (χ1v) is 18.5. The molecular formula is C52H36N2. The van der Waals surface area contributed by atoms with E-state index in [0.29, 0.717) is 0 Å². The lowest BCUT2D eigenvalue weighted by atomic mass is 9.98. The van der Waals surface area contributed by atoms with Crippen LogP contribution < -0.4 is 4.90 Å². The molecule has 0 aliphatic heterocycles. The minimum atomic E-state index is 1.09. The van der Waals surface area contributed by atoms with Crippen LogP contribution in [0.2, 0.25) is 0 Å². The Morgan fingerprint density at radius 3 is 1.63 bits per heavy atom. The maximum atomic E-state index is 2.45. The molecule has 0 spiro atoms. The van der Waals surface area contributed by atoms with Gasteiger partial charge in [0.1, 0.15) is 0 Å². The van der Waals surface area contributed by atoms with Crippen LogP contribution in [0.25, 0.3) is 71.6 Å². The molecule has 2 heteroatoms. The standard InChI is InChI=1S/C52H36N2/c1-3-16-37(17-4-1)38-30-33-42(34-31-38)53(49-27-12-9-23-44(49)39-18-5-2-6-19-39)50-28-13-10-24-45(50)41-21-15-22-43(36-41)54-51-29-14-11-26-47(51)48-35-32-40-20-7-8-25-46(40)52(48)54/h1-36H. The molecule has 0 aliphatic rings. The van der Waals surface area contributed by atoms with Gasteiger partial charge in [0.05, 0.1) is 22.4 Å². The molecule has 9 aromatic carbocycles. The second kappa shape index (κ2) is 13.4. The van der Waals surface area contributed by atoms with Crippen molar-refractivity contribution in [2.24, 2.45) is 0 Å². The molecule has 254 valence electrons. The second-order valence-corrected chi connectivity index (χ2v) is 13.7. The molecule has 54 heavy (non-hydrogen) atoms. The van der Waals surface area contributed by atoms with Gasteiger partial charge in [-0.3, -0.25) is 0 Å². The van der Waals surface area contributed by atoms with E-state index in [-0.39, 0.29) is 0 Å². The lowest BCUT2D eigenvalue weighted by Crippen LogP contribution is -2.12. The van der Waals surface area contributed by atoms with Crippen molar-refractivity contribution in [3.05, 3.63) is 218 Å². The van der Waals surface area contributed by atoms with Crippen molar-refractivity contribution in [2.75, 3.05) is 4.90 Å². The van der Waals surface area contributed by atoms with Crippen molar-refractivity contribution in [3.63, 3.8) is 0 Å². The monoisotopic (exact) mass is 688 g/mol. The zero-order valence-electron chi connectivity index (χ0n) is 29.7. The first-order chi connectivity index (χ1) is 26.8. The van der Waals surface area contributed by atoms with Gasteiger partial charge in [-0.1, -0.05) is 176 Å². The van der Waals surface area contributed by atoms with E-state index in [1.807, 2.05) is 0 Å². The Kier molecular flexibility index (Phi) is 7.85. The van der Waals surface area contributed by atoms with E-state index in [1.165, 1.54) is 54.8 Å². The van der Waals surface area contributed by atoms with Crippen LogP contribution in [0.15, 0.2) is 218 Å². The van der Waals surface area contributed by atoms with Crippen molar-refractivity contribution in [2.45, 2.75) is 0 Å². The molecule has 1 heterocycles. The summed E-state index contributed by atoms with van der Waals surface area (Å²) < 4.78 is 2.45. The topological polar surface area (TPSA) is 8.17 Å². The molecule has 0 saturated heterocycles. The van der Waals surface area contributed by atoms with Gasteiger partial charge in [0, 0.05) is 38.7 Å². The number of benzene rings is 9. The number of anilines is 3. The van der Waals surface area contributed by atoms with Crippen LogP contribution in [-0.2, 0) is 0 Å². The van der Waals surface area contributed by atoms with Crippen LogP contribution in [0.4, 0.5) is 17.1 Å². The molecule has 0 bridgehead atoms. The molecule has 2 nitrogen and oxygen atoms in total. The summed E-state index contributed by atoms with van der Waals surface area (Å²) in [7, 11) is 0. The number of nitrogens with zero attached hydrogens (tertiary/aromatic N) is 2. The number of hydrogen-bond donors (Lipinski definition) is 0. The maximum Gasteiger partial charge on any atom is 0.0619 e. The minimum Gasteiger partial charge on any atom is -0.309 e. The predicted octanol–water partition coefficient (Wildman–Crippen LogP) is 14.4. The predicted molar refractivity (Wildman–Crippen MR) is 229 cm³/mol. The van der Waals surface area contributed by atoms with Gasteiger partial charge in [-0.2, -0.15) is 0 Å². The van der Waals surface area contributed by atoms with Gasteiger partial charge < -0.3 is 9.47 Å². The smallest absolute Gasteiger partial charge is 0.0619 e. The lowest BCUT2D eigenvalue weighted by Gasteiger charge is -2.30. The van der Waals surface area contributed by atoms with E-state index < -0.39 is 0 Å². The molecule has 10 rings (SSSR count). The Balaban J connectivity index is 1.18. The second-order valence-electron chi connectivity index (χ2n) is 13.7. The SMILES string of the molecule is c1ccc(-c2ccc(N(c3ccccc3-c3ccccc3)c3ccccc3-c3cccc(-n4c5ccccc5c5ccc6ccccc6c54)c3)cc2)cc1. The van der Waals surface area contributed by atoms with Crippen molar-refractivity contribution >= 4 is 49.6 Å². The molecule has 0 N–H and O–H groups in total. The van der Waals surface area contributed by atoms with Gasteiger partial charge in [0.2, 0.25) is 0 Å². The van der Waals surface area contributed by atoms with Crippen molar-refractivity contribution in [3.8, 4) is 39.1 Å². The Morgan fingerprint density at radius 1 is 0.333 bits per heavy atom. The summed E-state index contributed by atoms with van der Waals surface area (Å²) in [5, 5.41) is 5.01. The van der Waals surface area contributed by atoms with E-state index in [1.54, 1.807) is 0 Å². The largest absolute Gasteiger partial charge is 0.309 e. The van der Waals surface area contributed by atoms with E-state index >= 15 is 0 Å². The summed E-state index contributed by atoms with van der Waals surface area (Å²) in [5.41, 5.74) is 13.9. The number of hydrogen-bond acceptors (Lipinski definition) is 1. The third kappa shape index (κ3) is 5.44. The molecule has 0 aliphatic carbocycles. The van der Waals surface area contributed by atoms with Gasteiger partial charge in [-0.05, 0) is 70.1 Å². The summed E-state index contributed by atoms with van der Waals surface area (Å²) in [6.07, 6.45) is 0. The highest BCUT2D eigenvalue weighted by atomic mass is 15.1. The van der Waals surface area contributed by atoms with Crippen molar-refractivity contribution in [1.29, 1.82) is 0 Å². The summed E-state index contributed by atoms with van der Waals surface area (Å²) in [6.45, 7) is 0. The quantitative estimate of drug-likeness (QED) is 0.162. The Hall–Kier alpha value is -7.16. The fraction of sp³-hybridized carbons (Fsp3) is 0. The first kappa shape index (κ1) is 31.6. The van der Waals surface area contributed by atoms with Crippen LogP contribution in [-0.4, -0.2) is 4.57 Å². The van der Waals surface area contributed by atoms with E-state index in [4.69, 9.17) is 0 Å². The molecule has 1 aromatic heterocycles. The van der Waals surface area contributed by atoms with Gasteiger partial charge in [-0.25, -0.2) is 0 Å². The van der Waals surface area contributed by atoms with Gasteiger partial charge in [0.25, 0.3) is 0 Å². The normalized spacial score (nSPS) is 11.3. The number of fused-ring (bicyclic) bond motifs is 5. The molecule has 0 unspecified atom stereocenters. The summed E-state index contributed by atoms with van der Waals surface area (Å²) in [4.78, 5) is 2.42. The fourth-order valence-corrected chi connectivity index (χ4v) is 8.10. The van der Waals surface area contributed by atoms with E-state index in [0.717, 1.165) is 33.9 Å². The molecule has 0 atom stereocenters. The third-order valence-corrected chi connectivity index (χ3v) is 10.6. The average Bonchev–Trinajstić information content (AvgIpc) is 3.60. The van der Waals surface area contributed by atoms with Crippen molar-refractivity contribution < 1.29 is 0 Å². The minimum absolute atomic E-state index is 1.09. The molecule has 0 saturated carbocycles. The first-order valence-electron chi connectivity index (χ1n) is 18.5. The molecule has 0 radical (unpaired) electrons. The summed E-state index contributed by atoms with van der Waals surface area (Å²) >= 11 is 0. The molecule has 0 fully saturated rings. The van der Waals surface area contributed by atoms with Crippen molar-refractivity contribution in [1.82, 2.24) is 4.57 Å². The zero-order valence-corrected chi connectivity index (χ0v) is 29.7. The van der Waals surface area contributed by atoms with Crippen LogP contribution in [0.5, 0.6) is 0 Å². The number of para-hydroxylation sites is 3. The van der Waals surface area contributed by atoms with Crippen LogP contribution in [0.3, 0.4) is 0 Å². The van der Waals surface area contributed by atoms with E-state index in [9.17, 15) is 0 Å². The zero-order chi connectivity index (χ0) is 35.8. The molecular weight excluding hydrogens is 653 g/mol. The summed E-state index contributed by atoms with van der Waals surface area (Å²) in [6, 6.07) is 78.9. The highest BCUT2D eigenvalue weighted by Crippen LogP contribution is 2.45. The third-order valence-electron chi connectivity index (χ3n) is 10.6. The van der Waals surface area contributed by atoms with Gasteiger partial charge in [-0.15, -0.1) is 0 Å². The fourth-order valence-electron chi connectivity index (χ4n) is 8.10. The van der Waals surface area contributed by atoms with Gasteiger partial charge >= 0.3 is 0 Å². The molecule has 0 amide bonds. The van der Waals surface area contributed by atoms with E-state index in [2.05, 4.69) is 228 Å². The summed E-state index contributed by atoms with van der Waals surface area (Å²) in [5.74, 6) is 0. The van der Waals surface area contributed by atoms with Crippen LogP contribution in [0, 0.1) is 0 Å². The highest BCUT2D eigenvalue weighted by Gasteiger charge is 2.21. The van der Waals surface area contributed by atoms with Gasteiger partial charge in [0.15, 0.2) is 0 Å². The molecule has 10 aromatic rings. The Labute approximate surface area is 315 Å².